The minimum atomic E-state index is 0.200. The smallest absolute Gasteiger partial charge is 0.227 e. The summed E-state index contributed by atoms with van der Waals surface area (Å²) in [6.45, 7) is 9.30. The van der Waals surface area contributed by atoms with E-state index in [4.69, 9.17) is 16.6 Å². The summed E-state index contributed by atoms with van der Waals surface area (Å²) >= 11 is 7.98. The van der Waals surface area contributed by atoms with Gasteiger partial charge in [0.25, 0.3) is 0 Å². The lowest BCUT2D eigenvalue weighted by Crippen LogP contribution is -2.49. The zero-order valence-corrected chi connectivity index (χ0v) is 18.0. The van der Waals surface area contributed by atoms with E-state index in [2.05, 4.69) is 43.9 Å². The first kappa shape index (κ1) is 19.2. The number of fused-ring (bicyclic) bond motifs is 1. The van der Waals surface area contributed by atoms with Gasteiger partial charge in [-0.3, -0.25) is 4.79 Å². The minimum Gasteiger partial charge on any atom is -0.345 e. The molecule has 28 heavy (non-hydrogen) atoms. The van der Waals surface area contributed by atoms with Crippen molar-refractivity contribution in [2.75, 3.05) is 31.1 Å². The SMILES string of the molecule is Cc1ccc(CC(=O)N2CCN(c3nc4c(C)ccc(Cl)c4s3)CC2)cc1C. The average Bonchev–Trinajstić information content (AvgIpc) is 3.15. The van der Waals surface area contributed by atoms with Crippen LogP contribution in [0.1, 0.15) is 22.3 Å². The highest BCUT2D eigenvalue weighted by Gasteiger charge is 2.24. The number of carbonyl (C=O) groups excluding carboxylic acids is 1. The molecule has 0 radical (unpaired) electrons. The number of hydrogen-bond acceptors (Lipinski definition) is 4. The van der Waals surface area contributed by atoms with Crippen molar-refractivity contribution in [2.45, 2.75) is 27.2 Å². The summed E-state index contributed by atoms with van der Waals surface area (Å²) in [5, 5.41) is 1.75. The summed E-state index contributed by atoms with van der Waals surface area (Å²) in [4.78, 5) is 21.8. The maximum absolute atomic E-state index is 12.7. The third-order valence-corrected chi connectivity index (χ3v) is 7.09. The Morgan fingerprint density at radius 3 is 2.43 bits per heavy atom. The first-order chi connectivity index (χ1) is 13.4. The molecule has 1 saturated heterocycles. The standard InChI is InChI=1S/C22H24ClN3OS/c1-14-4-6-17(12-16(14)3)13-19(27)25-8-10-26(11-9-25)22-24-20-15(2)5-7-18(23)21(20)28-22/h4-7,12H,8-11,13H2,1-3H3. The van der Waals surface area contributed by atoms with E-state index in [1.165, 1.54) is 11.1 Å². The molecular weight excluding hydrogens is 390 g/mol. The van der Waals surface area contributed by atoms with Crippen molar-refractivity contribution < 1.29 is 4.79 Å². The van der Waals surface area contributed by atoms with Crippen LogP contribution >= 0.6 is 22.9 Å². The second-order valence-corrected chi connectivity index (χ2v) is 8.89. The molecular formula is C22H24ClN3OS. The van der Waals surface area contributed by atoms with E-state index in [9.17, 15) is 4.79 Å². The van der Waals surface area contributed by atoms with Gasteiger partial charge in [0.2, 0.25) is 5.91 Å². The molecule has 1 aliphatic heterocycles. The molecule has 4 rings (SSSR count). The normalized spacial score (nSPS) is 14.7. The van der Waals surface area contributed by atoms with E-state index >= 15 is 0 Å². The second kappa shape index (κ2) is 7.72. The highest BCUT2D eigenvalue weighted by atomic mass is 35.5. The van der Waals surface area contributed by atoms with Crippen molar-refractivity contribution in [3.8, 4) is 0 Å². The lowest BCUT2D eigenvalue weighted by atomic mass is 10.0. The van der Waals surface area contributed by atoms with Gasteiger partial charge in [-0.25, -0.2) is 4.98 Å². The van der Waals surface area contributed by atoms with Crippen molar-refractivity contribution in [1.82, 2.24) is 9.88 Å². The van der Waals surface area contributed by atoms with E-state index < -0.39 is 0 Å². The van der Waals surface area contributed by atoms with Gasteiger partial charge in [-0.2, -0.15) is 0 Å². The van der Waals surface area contributed by atoms with Crippen LogP contribution in [0.25, 0.3) is 10.2 Å². The van der Waals surface area contributed by atoms with Crippen LogP contribution in [0.4, 0.5) is 5.13 Å². The average molecular weight is 414 g/mol. The third kappa shape index (κ3) is 3.74. The van der Waals surface area contributed by atoms with Crippen LogP contribution in [-0.2, 0) is 11.2 Å². The Hall–Kier alpha value is -2.11. The number of rotatable bonds is 3. The number of benzene rings is 2. The van der Waals surface area contributed by atoms with Gasteiger partial charge in [-0.1, -0.05) is 47.2 Å². The number of anilines is 1. The third-order valence-electron chi connectivity index (χ3n) is 5.52. The van der Waals surface area contributed by atoms with Crippen molar-refractivity contribution in [3.63, 3.8) is 0 Å². The van der Waals surface area contributed by atoms with Gasteiger partial charge in [0.1, 0.15) is 0 Å². The molecule has 6 heteroatoms. The van der Waals surface area contributed by atoms with Crippen LogP contribution in [0.3, 0.4) is 0 Å². The zero-order valence-electron chi connectivity index (χ0n) is 16.5. The number of nitrogens with zero attached hydrogens (tertiary/aromatic N) is 3. The molecule has 4 nitrogen and oxygen atoms in total. The lowest BCUT2D eigenvalue weighted by molar-refractivity contribution is -0.130. The van der Waals surface area contributed by atoms with Crippen molar-refractivity contribution in [3.05, 3.63) is 57.6 Å². The molecule has 0 aliphatic carbocycles. The maximum Gasteiger partial charge on any atom is 0.227 e. The van der Waals surface area contributed by atoms with Crippen LogP contribution in [0, 0.1) is 20.8 Å². The Morgan fingerprint density at radius 2 is 1.75 bits per heavy atom. The summed E-state index contributed by atoms with van der Waals surface area (Å²) in [5.41, 5.74) is 5.72. The van der Waals surface area contributed by atoms with Gasteiger partial charge in [0.15, 0.2) is 5.13 Å². The fourth-order valence-corrected chi connectivity index (χ4v) is 4.94. The first-order valence-electron chi connectivity index (χ1n) is 9.57. The van der Waals surface area contributed by atoms with E-state index in [0.29, 0.717) is 6.42 Å². The number of hydrogen-bond donors (Lipinski definition) is 0. The summed E-state index contributed by atoms with van der Waals surface area (Å²) in [7, 11) is 0. The number of aryl methyl sites for hydroxylation is 3. The summed E-state index contributed by atoms with van der Waals surface area (Å²) in [6, 6.07) is 10.2. The molecule has 1 fully saturated rings. The van der Waals surface area contributed by atoms with Crippen LogP contribution in [-0.4, -0.2) is 42.0 Å². The lowest BCUT2D eigenvalue weighted by Gasteiger charge is -2.34. The van der Waals surface area contributed by atoms with Gasteiger partial charge in [-0.05, 0) is 49.1 Å². The zero-order chi connectivity index (χ0) is 19.8. The largest absolute Gasteiger partial charge is 0.345 e. The van der Waals surface area contributed by atoms with E-state index in [0.717, 1.165) is 57.7 Å². The topological polar surface area (TPSA) is 36.4 Å². The molecule has 0 spiro atoms. The van der Waals surface area contributed by atoms with Crippen LogP contribution in [0.5, 0.6) is 0 Å². The number of amides is 1. The van der Waals surface area contributed by atoms with Crippen molar-refractivity contribution in [1.29, 1.82) is 0 Å². The molecule has 3 aromatic rings. The van der Waals surface area contributed by atoms with Crippen molar-refractivity contribution >= 4 is 44.2 Å². The summed E-state index contributed by atoms with van der Waals surface area (Å²) in [5.74, 6) is 0.200. The van der Waals surface area contributed by atoms with Gasteiger partial charge in [-0.15, -0.1) is 0 Å². The highest BCUT2D eigenvalue weighted by Crippen LogP contribution is 2.35. The maximum atomic E-state index is 12.7. The summed E-state index contributed by atoms with van der Waals surface area (Å²) < 4.78 is 1.05. The predicted octanol–water partition coefficient (Wildman–Crippen LogP) is 4.77. The Morgan fingerprint density at radius 1 is 1.04 bits per heavy atom. The Balaban J connectivity index is 1.41. The Labute approximate surface area is 174 Å². The van der Waals surface area contributed by atoms with Gasteiger partial charge < -0.3 is 9.80 Å². The number of aromatic nitrogens is 1. The van der Waals surface area contributed by atoms with E-state index in [1.54, 1.807) is 11.3 Å². The van der Waals surface area contributed by atoms with E-state index in [-0.39, 0.29) is 5.91 Å². The van der Waals surface area contributed by atoms with E-state index in [1.807, 2.05) is 17.0 Å². The number of carbonyl (C=O) groups is 1. The highest BCUT2D eigenvalue weighted by molar-refractivity contribution is 7.22. The summed E-state index contributed by atoms with van der Waals surface area (Å²) in [6.07, 6.45) is 0.469. The fraction of sp³-hybridized carbons (Fsp3) is 0.364. The number of thiazole rings is 1. The fourth-order valence-electron chi connectivity index (χ4n) is 3.57. The minimum absolute atomic E-state index is 0.200. The number of piperazine rings is 1. The van der Waals surface area contributed by atoms with Crippen LogP contribution < -0.4 is 4.90 Å². The second-order valence-electron chi connectivity index (χ2n) is 7.50. The predicted molar refractivity (Wildman–Crippen MR) is 118 cm³/mol. The molecule has 0 bridgehead atoms. The first-order valence-corrected chi connectivity index (χ1v) is 10.8. The quantitative estimate of drug-likeness (QED) is 0.620. The number of halogens is 1. The van der Waals surface area contributed by atoms with Crippen LogP contribution in [0.2, 0.25) is 5.02 Å². The van der Waals surface area contributed by atoms with Gasteiger partial charge in [0, 0.05) is 26.2 Å². The molecule has 1 aliphatic rings. The molecule has 0 unspecified atom stereocenters. The molecule has 146 valence electrons. The molecule has 0 N–H and O–H groups in total. The molecule has 0 atom stereocenters. The Kier molecular flexibility index (Phi) is 5.30. The van der Waals surface area contributed by atoms with Crippen LogP contribution in [0.15, 0.2) is 30.3 Å². The molecule has 0 saturated carbocycles. The molecule has 1 aromatic heterocycles. The van der Waals surface area contributed by atoms with Gasteiger partial charge >= 0.3 is 0 Å². The monoisotopic (exact) mass is 413 g/mol. The Bertz CT molecular complexity index is 999. The molecule has 2 heterocycles. The molecule has 1 amide bonds. The molecule has 2 aromatic carbocycles. The van der Waals surface area contributed by atoms with Crippen molar-refractivity contribution in [2.24, 2.45) is 0 Å². The van der Waals surface area contributed by atoms with Gasteiger partial charge in [0.05, 0.1) is 21.7 Å².